The van der Waals surface area contributed by atoms with E-state index in [4.69, 9.17) is 4.42 Å². The van der Waals surface area contributed by atoms with Crippen molar-refractivity contribution >= 4 is 0 Å². The predicted octanol–water partition coefficient (Wildman–Crippen LogP) is 1.32. The molecule has 0 radical (unpaired) electrons. The van der Waals surface area contributed by atoms with Crippen molar-refractivity contribution in [2.75, 3.05) is 0 Å². The third-order valence-electron chi connectivity index (χ3n) is 2.57. The summed E-state index contributed by atoms with van der Waals surface area (Å²) in [5, 5.41) is 0. The van der Waals surface area contributed by atoms with Crippen molar-refractivity contribution in [1.29, 1.82) is 0 Å². The quantitative estimate of drug-likeness (QED) is 0.679. The summed E-state index contributed by atoms with van der Waals surface area (Å²) >= 11 is 0. The van der Waals surface area contributed by atoms with Gasteiger partial charge in [-0.25, -0.2) is 15.0 Å². The fourth-order valence-corrected chi connectivity index (χ4v) is 1.67. The lowest BCUT2D eigenvalue weighted by molar-refractivity contribution is 0.561. The first-order valence-corrected chi connectivity index (χ1v) is 5.22. The minimum absolute atomic E-state index is 0.518. The van der Waals surface area contributed by atoms with Gasteiger partial charge in [-0.1, -0.05) is 0 Å². The molecule has 3 aromatic rings. The maximum absolute atomic E-state index is 5.25. The molecule has 3 aromatic heterocycles. The topological polar surface area (TPSA) is 61.7 Å². The van der Waals surface area contributed by atoms with E-state index in [-0.39, 0.29) is 0 Å². The molecule has 17 heavy (non-hydrogen) atoms. The first-order valence-electron chi connectivity index (χ1n) is 5.22. The predicted molar refractivity (Wildman–Crippen MR) is 60.0 cm³/mol. The third kappa shape index (κ3) is 1.73. The van der Waals surface area contributed by atoms with Crippen molar-refractivity contribution in [1.82, 2.24) is 24.1 Å². The fourth-order valence-electron chi connectivity index (χ4n) is 1.67. The van der Waals surface area contributed by atoms with E-state index in [0.29, 0.717) is 18.3 Å². The van der Waals surface area contributed by atoms with Gasteiger partial charge in [0.2, 0.25) is 0 Å². The highest BCUT2D eigenvalue weighted by Crippen LogP contribution is 2.15. The van der Waals surface area contributed by atoms with Crippen LogP contribution in [0.3, 0.4) is 0 Å². The van der Waals surface area contributed by atoms with Gasteiger partial charge in [0.1, 0.15) is 12.1 Å². The Morgan fingerprint density at radius 1 is 1.12 bits per heavy atom. The number of oxazole rings is 1. The summed E-state index contributed by atoms with van der Waals surface area (Å²) in [6, 6.07) is 0. The first kappa shape index (κ1) is 9.83. The minimum atomic E-state index is 0.518. The number of nitrogens with zero attached hydrogens (tertiary/aromatic N) is 5. The van der Waals surface area contributed by atoms with Gasteiger partial charge in [-0.3, -0.25) is 0 Å². The van der Waals surface area contributed by atoms with Crippen LogP contribution in [0, 0.1) is 0 Å². The lowest BCUT2D eigenvalue weighted by Crippen LogP contribution is -2.06. The summed E-state index contributed by atoms with van der Waals surface area (Å²) in [5.74, 6) is 2.18. The average Bonchev–Trinajstić information content (AvgIpc) is 3.02. The number of imidazole rings is 2. The molecule has 6 heteroatoms. The van der Waals surface area contributed by atoms with Crippen molar-refractivity contribution < 1.29 is 4.42 Å². The van der Waals surface area contributed by atoms with Crippen LogP contribution in [-0.4, -0.2) is 24.1 Å². The molecule has 0 bridgehead atoms. The molecular weight excluding hydrogens is 218 g/mol. The van der Waals surface area contributed by atoms with Crippen LogP contribution >= 0.6 is 0 Å². The molecule has 0 unspecified atom stereocenters. The van der Waals surface area contributed by atoms with Gasteiger partial charge in [0.05, 0.1) is 12.7 Å². The molecule has 0 aliphatic carbocycles. The number of hydrogen-bond donors (Lipinski definition) is 0. The molecular formula is C11H11N5O. The second kappa shape index (κ2) is 3.89. The summed E-state index contributed by atoms with van der Waals surface area (Å²) in [6.07, 6.45) is 10.4. The summed E-state index contributed by atoms with van der Waals surface area (Å²) < 4.78 is 9.17. The number of hydrogen-bond acceptors (Lipinski definition) is 4. The molecule has 0 saturated carbocycles. The highest BCUT2D eigenvalue weighted by atomic mass is 16.3. The van der Waals surface area contributed by atoms with E-state index in [1.54, 1.807) is 18.6 Å². The standard InChI is InChI=1S/C11H11N5O/c1-15-5-2-12-9(15)8-16-6-3-13-10(16)11-14-4-7-17-11/h2-7H,8H2,1H3. The van der Waals surface area contributed by atoms with Crippen LogP contribution in [0.25, 0.3) is 11.7 Å². The summed E-state index contributed by atoms with van der Waals surface area (Å²) in [5.41, 5.74) is 0. The van der Waals surface area contributed by atoms with Crippen molar-refractivity contribution in [2.45, 2.75) is 6.54 Å². The van der Waals surface area contributed by atoms with Gasteiger partial charge in [-0.2, -0.15) is 0 Å². The van der Waals surface area contributed by atoms with Gasteiger partial charge in [0, 0.05) is 31.8 Å². The second-order valence-electron chi connectivity index (χ2n) is 3.67. The van der Waals surface area contributed by atoms with Crippen LogP contribution < -0.4 is 0 Å². The molecule has 0 aliphatic rings. The SMILES string of the molecule is Cn1ccnc1Cn1ccnc1-c1ncco1. The fraction of sp³-hybridized carbons (Fsp3) is 0.182. The minimum Gasteiger partial charge on any atom is -0.442 e. The Hall–Kier alpha value is -2.37. The van der Waals surface area contributed by atoms with E-state index in [1.165, 1.54) is 6.26 Å². The van der Waals surface area contributed by atoms with Crippen molar-refractivity contribution in [2.24, 2.45) is 7.05 Å². The smallest absolute Gasteiger partial charge is 0.263 e. The zero-order valence-corrected chi connectivity index (χ0v) is 9.32. The average molecular weight is 229 g/mol. The van der Waals surface area contributed by atoms with Crippen molar-refractivity contribution in [3.05, 3.63) is 43.1 Å². The Morgan fingerprint density at radius 3 is 2.71 bits per heavy atom. The summed E-state index contributed by atoms with van der Waals surface area (Å²) in [4.78, 5) is 12.6. The summed E-state index contributed by atoms with van der Waals surface area (Å²) in [7, 11) is 1.96. The van der Waals surface area contributed by atoms with Gasteiger partial charge in [0.25, 0.3) is 5.89 Å². The monoisotopic (exact) mass is 229 g/mol. The van der Waals surface area contributed by atoms with Gasteiger partial charge in [-0.15, -0.1) is 0 Å². The van der Waals surface area contributed by atoms with E-state index >= 15 is 0 Å². The molecule has 3 rings (SSSR count). The Bertz CT molecular complexity index is 607. The second-order valence-corrected chi connectivity index (χ2v) is 3.67. The molecule has 0 spiro atoms. The van der Waals surface area contributed by atoms with Crippen LogP contribution in [-0.2, 0) is 13.6 Å². The van der Waals surface area contributed by atoms with Crippen LogP contribution in [0.15, 0.2) is 41.7 Å². The van der Waals surface area contributed by atoms with Gasteiger partial charge >= 0.3 is 0 Å². The molecule has 86 valence electrons. The molecule has 0 fully saturated rings. The third-order valence-corrected chi connectivity index (χ3v) is 2.57. The lowest BCUT2D eigenvalue weighted by Gasteiger charge is -2.05. The largest absolute Gasteiger partial charge is 0.442 e. The van der Waals surface area contributed by atoms with E-state index in [2.05, 4.69) is 15.0 Å². The molecule has 0 amide bonds. The van der Waals surface area contributed by atoms with Crippen LogP contribution in [0.4, 0.5) is 0 Å². The zero-order chi connectivity index (χ0) is 11.7. The van der Waals surface area contributed by atoms with E-state index < -0.39 is 0 Å². The number of aromatic nitrogens is 5. The van der Waals surface area contributed by atoms with Crippen LogP contribution in [0.1, 0.15) is 5.82 Å². The lowest BCUT2D eigenvalue weighted by atomic mass is 10.5. The van der Waals surface area contributed by atoms with E-state index in [9.17, 15) is 0 Å². The van der Waals surface area contributed by atoms with Gasteiger partial charge in [0.15, 0.2) is 5.82 Å². The molecule has 0 saturated heterocycles. The maximum Gasteiger partial charge on any atom is 0.263 e. The highest BCUT2D eigenvalue weighted by Gasteiger charge is 2.11. The molecule has 0 N–H and O–H groups in total. The molecule has 0 aromatic carbocycles. The Kier molecular flexibility index (Phi) is 2.25. The molecule has 3 heterocycles. The number of aryl methyl sites for hydroxylation is 1. The van der Waals surface area contributed by atoms with E-state index in [0.717, 1.165) is 5.82 Å². The van der Waals surface area contributed by atoms with Gasteiger partial charge < -0.3 is 13.6 Å². The van der Waals surface area contributed by atoms with E-state index in [1.807, 2.05) is 28.6 Å². The summed E-state index contributed by atoms with van der Waals surface area (Å²) in [6.45, 7) is 0.640. The van der Waals surface area contributed by atoms with Gasteiger partial charge in [-0.05, 0) is 0 Å². The zero-order valence-electron chi connectivity index (χ0n) is 9.32. The van der Waals surface area contributed by atoms with Crippen molar-refractivity contribution in [3.63, 3.8) is 0 Å². The van der Waals surface area contributed by atoms with Crippen LogP contribution in [0.2, 0.25) is 0 Å². The first-order chi connectivity index (χ1) is 8.34. The molecule has 0 aliphatic heterocycles. The highest BCUT2D eigenvalue weighted by molar-refractivity contribution is 5.40. The van der Waals surface area contributed by atoms with Crippen molar-refractivity contribution in [3.8, 4) is 11.7 Å². The molecule has 6 nitrogen and oxygen atoms in total. The Labute approximate surface area is 97.6 Å². The normalized spacial score (nSPS) is 10.9. The maximum atomic E-state index is 5.25. The molecule has 0 atom stereocenters. The Balaban J connectivity index is 1.95. The Morgan fingerprint density at radius 2 is 2.00 bits per heavy atom. The number of rotatable bonds is 3. The van der Waals surface area contributed by atoms with Crippen LogP contribution in [0.5, 0.6) is 0 Å².